The second-order valence-corrected chi connectivity index (χ2v) is 4.03. The molecule has 0 aliphatic heterocycles. The molecule has 0 radical (unpaired) electrons. The molecule has 96 valence electrons. The highest BCUT2D eigenvalue weighted by atomic mass is 16.1. The average Bonchev–Trinajstić information content (AvgIpc) is 2.88. The molecule has 1 heterocycles. The Morgan fingerprint density at radius 3 is 2.95 bits per heavy atom. The quantitative estimate of drug-likeness (QED) is 0.834. The minimum absolute atomic E-state index is 0.309. The SMILES string of the molecule is CNCc1ccc(-n2cc(C(N)=O)cn2)c(C#N)c1. The number of nitrogens with one attached hydrogen (secondary N) is 1. The van der Waals surface area contributed by atoms with Crippen LogP contribution < -0.4 is 11.1 Å². The van der Waals surface area contributed by atoms with Crippen molar-refractivity contribution in [2.24, 2.45) is 5.73 Å². The molecular formula is C13H13N5O. The fraction of sp³-hybridized carbons (Fsp3) is 0.154. The average molecular weight is 255 g/mol. The van der Waals surface area contributed by atoms with Crippen LogP contribution in [0.1, 0.15) is 21.5 Å². The first-order valence-electron chi connectivity index (χ1n) is 5.68. The van der Waals surface area contributed by atoms with Crippen molar-refractivity contribution < 1.29 is 4.79 Å². The molecule has 1 aromatic carbocycles. The van der Waals surface area contributed by atoms with E-state index < -0.39 is 5.91 Å². The van der Waals surface area contributed by atoms with Gasteiger partial charge in [0.05, 0.1) is 23.0 Å². The fourth-order valence-electron chi connectivity index (χ4n) is 1.77. The summed E-state index contributed by atoms with van der Waals surface area (Å²) >= 11 is 0. The minimum Gasteiger partial charge on any atom is -0.366 e. The van der Waals surface area contributed by atoms with Crippen LogP contribution in [0, 0.1) is 11.3 Å². The van der Waals surface area contributed by atoms with Crippen LogP contribution in [0.15, 0.2) is 30.6 Å². The Balaban J connectivity index is 2.43. The van der Waals surface area contributed by atoms with E-state index in [2.05, 4.69) is 16.5 Å². The minimum atomic E-state index is -0.545. The van der Waals surface area contributed by atoms with E-state index in [1.54, 1.807) is 12.1 Å². The molecule has 6 nitrogen and oxygen atoms in total. The number of nitrogens with two attached hydrogens (primary N) is 1. The summed E-state index contributed by atoms with van der Waals surface area (Å²) in [5.74, 6) is -0.545. The van der Waals surface area contributed by atoms with E-state index in [0.29, 0.717) is 23.4 Å². The van der Waals surface area contributed by atoms with Crippen LogP contribution in [0.4, 0.5) is 0 Å². The second-order valence-electron chi connectivity index (χ2n) is 4.03. The Kier molecular flexibility index (Phi) is 3.59. The van der Waals surface area contributed by atoms with Crippen molar-refractivity contribution in [3.05, 3.63) is 47.3 Å². The van der Waals surface area contributed by atoms with Gasteiger partial charge in [-0.05, 0) is 24.7 Å². The summed E-state index contributed by atoms with van der Waals surface area (Å²) in [5.41, 5.74) is 7.60. The third kappa shape index (κ3) is 2.61. The van der Waals surface area contributed by atoms with Gasteiger partial charge in [0.25, 0.3) is 5.91 Å². The first kappa shape index (κ1) is 12.8. The molecule has 0 aliphatic carbocycles. The van der Waals surface area contributed by atoms with Crippen molar-refractivity contribution in [3.63, 3.8) is 0 Å². The first-order valence-corrected chi connectivity index (χ1v) is 5.68. The van der Waals surface area contributed by atoms with Gasteiger partial charge >= 0.3 is 0 Å². The predicted molar refractivity (Wildman–Crippen MR) is 69.6 cm³/mol. The van der Waals surface area contributed by atoms with Crippen LogP contribution in [-0.4, -0.2) is 22.7 Å². The predicted octanol–water partition coefficient (Wildman–Crippen LogP) is 0.562. The van der Waals surface area contributed by atoms with Gasteiger partial charge < -0.3 is 11.1 Å². The standard InChI is InChI=1S/C13H13N5O/c1-16-6-9-2-3-12(10(4-9)5-14)18-8-11(7-17-18)13(15)19/h2-4,7-8,16H,6H2,1H3,(H2,15,19). The van der Waals surface area contributed by atoms with E-state index in [9.17, 15) is 10.1 Å². The van der Waals surface area contributed by atoms with E-state index in [-0.39, 0.29) is 0 Å². The number of amides is 1. The number of nitrogens with zero attached hydrogens (tertiary/aromatic N) is 3. The van der Waals surface area contributed by atoms with E-state index >= 15 is 0 Å². The monoisotopic (exact) mass is 255 g/mol. The van der Waals surface area contributed by atoms with Crippen LogP contribution in [0.3, 0.4) is 0 Å². The Morgan fingerprint density at radius 1 is 1.58 bits per heavy atom. The molecule has 1 aromatic heterocycles. The third-order valence-corrected chi connectivity index (χ3v) is 2.68. The molecule has 0 spiro atoms. The van der Waals surface area contributed by atoms with Gasteiger partial charge in [-0.2, -0.15) is 10.4 Å². The summed E-state index contributed by atoms with van der Waals surface area (Å²) in [6.07, 6.45) is 2.89. The Morgan fingerprint density at radius 2 is 2.37 bits per heavy atom. The lowest BCUT2D eigenvalue weighted by Gasteiger charge is -2.06. The number of primary amides is 1. The summed E-state index contributed by atoms with van der Waals surface area (Å²) in [6, 6.07) is 7.61. The van der Waals surface area contributed by atoms with Gasteiger partial charge in [0.15, 0.2) is 0 Å². The zero-order valence-corrected chi connectivity index (χ0v) is 10.4. The number of hydrogen-bond donors (Lipinski definition) is 2. The van der Waals surface area contributed by atoms with Gasteiger partial charge in [-0.3, -0.25) is 4.79 Å². The van der Waals surface area contributed by atoms with E-state index in [1.165, 1.54) is 17.1 Å². The van der Waals surface area contributed by atoms with Crippen molar-refractivity contribution in [1.29, 1.82) is 5.26 Å². The van der Waals surface area contributed by atoms with Crippen LogP contribution in [0.5, 0.6) is 0 Å². The molecule has 1 amide bonds. The van der Waals surface area contributed by atoms with Gasteiger partial charge in [0, 0.05) is 12.7 Å². The number of rotatable bonds is 4. The Labute approximate surface area is 110 Å². The number of carbonyl (C=O) groups excluding carboxylic acids is 1. The number of nitriles is 1. The zero-order chi connectivity index (χ0) is 13.8. The molecule has 0 aliphatic rings. The zero-order valence-electron chi connectivity index (χ0n) is 10.4. The molecule has 0 bridgehead atoms. The molecule has 6 heteroatoms. The van der Waals surface area contributed by atoms with Gasteiger partial charge in [0.1, 0.15) is 6.07 Å². The number of benzene rings is 1. The maximum absolute atomic E-state index is 11.0. The number of hydrogen-bond acceptors (Lipinski definition) is 4. The molecule has 0 saturated carbocycles. The molecule has 0 atom stereocenters. The summed E-state index contributed by atoms with van der Waals surface area (Å²) in [5, 5.41) is 16.2. The van der Waals surface area contributed by atoms with Gasteiger partial charge in [-0.15, -0.1) is 0 Å². The van der Waals surface area contributed by atoms with Crippen molar-refractivity contribution in [1.82, 2.24) is 15.1 Å². The van der Waals surface area contributed by atoms with Crippen molar-refractivity contribution >= 4 is 5.91 Å². The highest BCUT2D eigenvalue weighted by Gasteiger charge is 2.09. The van der Waals surface area contributed by atoms with E-state index in [1.807, 2.05) is 13.1 Å². The van der Waals surface area contributed by atoms with Crippen LogP contribution in [0.2, 0.25) is 0 Å². The van der Waals surface area contributed by atoms with E-state index in [0.717, 1.165) is 5.56 Å². The summed E-state index contributed by atoms with van der Waals surface area (Å²) < 4.78 is 1.47. The smallest absolute Gasteiger partial charge is 0.251 e. The van der Waals surface area contributed by atoms with Crippen molar-refractivity contribution in [2.75, 3.05) is 7.05 Å². The van der Waals surface area contributed by atoms with Crippen molar-refractivity contribution in [2.45, 2.75) is 6.54 Å². The Hall–Kier alpha value is -2.65. The normalized spacial score (nSPS) is 10.1. The van der Waals surface area contributed by atoms with Crippen LogP contribution in [-0.2, 0) is 6.54 Å². The van der Waals surface area contributed by atoms with Crippen LogP contribution >= 0.6 is 0 Å². The molecule has 2 aromatic rings. The van der Waals surface area contributed by atoms with Crippen molar-refractivity contribution in [3.8, 4) is 11.8 Å². The molecule has 19 heavy (non-hydrogen) atoms. The molecule has 0 unspecified atom stereocenters. The molecule has 0 fully saturated rings. The molecular weight excluding hydrogens is 242 g/mol. The topological polar surface area (TPSA) is 96.7 Å². The number of aromatic nitrogens is 2. The lowest BCUT2D eigenvalue weighted by Crippen LogP contribution is -2.09. The Bertz CT molecular complexity index is 653. The molecule has 0 saturated heterocycles. The van der Waals surface area contributed by atoms with Gasteiger partial charge in [-0.1, -0.05) is 6.07 Å². The lowest BCUT2D eigenvalue weighted by molar-refractivity contribution is 0.100. The molecule has 2 rings (SSSR count). The van der Waals surface area contributed by atoms with Gasteiger partial charge in [0.2, 0.25) is 0 Å². The molecule has 3 N–H and O–H groups in total. The van der Waals surface area contributed by atoms with Crippen LogP contribution in [0.25, 0.3) is 5.69 Å². The highest BCUT2D eigenvalue weighted by Crippen LogP contribution is 2.16. The van der Waals surface area contributed by atoms with E-state index in [4.69, 9.17) is 5.73 Å². The maximum Gasteiger partial charge on any atom is 0.251 e. The number of carbonyl (C=O) groups is 1. The lowest BCUT2D eigenvalue weighted by atomic mass is 10.1. The summed E-state index contributed by atoms with van der Waals surface area (Å²) in [6.45, 7) is 0.681. The second kappa shape index (κ2) is 5.33. The third-order valence-electron chi connectivity index (χ3n) is 2.68. The largest absolute Gasteiger partial charge is 0.366 e. The first-order chi connectivity index (χ1) is 9.15. The highest BCUT2D eigenvalue weighted by molar-refractivity contribution is 5.92. The maximum atomic E-state index is 11.0. The summed E-state index contributed by atoms with van der Waals surface area (Å²) in [7, 11) is 1.84. The van der Waals surface area contributed by atoms with Gasteiger partial charge in [-0.25, -0.2) is 4.68 Å². The summed E-state index contributed by atoms with van der Waals surface area (Å²) in [4.78, 5) is 11.0. The fourth-order valence-corrected chi connectivity index (χ4v) is 1.77.